The van der Waals surface area contributed by atoms with Crippen molar-refractivity contribution < 1.29 is 0 Å². The topological polar surface area (TPSA) is 15.3 Å². The fourth-order valence-corrected chi connectivity index (χ4v) is 4.09. The molecule has 2 fully saturated rings. The molecule has 1 unspecified atom stereocenters. The highest BCUT2D eigenvalue weighted by Gasteiger charge is 2.38. The average Bonchev–Trinajstić information content (AvgIpc) is 2.89. The minimum atomic E-state index is 0.531. The van der Waals surface area contributed by atoms with E-state index in [1.807, 2.05) is 6.07 Å². The molecule has 0 bridgehead atoms. The Bertz CT molecular complexity index is 367. The summed E-state index contributed by atoms with van der Waals surface area (Å²) >= 11 is 7.72. The minimum absolute atomic E-state index is 0.531. The molecule has 2 aliphatic heterocycles. The van der Waals surface area contributed by atoms with Gasteiger partial charge >= 0.3 is 0 Å². The average molecular weight is 257 g/mol. The lowest BCUT2D eigenvalue weighted by molar-refractivity contribution is 0.247. The molecule has 88 valence electrons. The Balaban J connectivity index is 1.70. The van der Waals surface area contributed by atoms with E-state index in [-0.39, 0.29) is 0 Å². The van der Waals surface area contributed by atoms with Crippen molar-refractivity contribution in [3.63, 3.8) is 0 Å². The number of hydrogen-bond donors (Lipinski definition) is 1. The Kier molecular flexibility index (Phi) is 2.96. The third kappa shape index (κ3) is 1.90. The Morgan fingerprint density at radius 3 is 2.62 bits per heavy atom. The number of fused-ring (bicyclic) bond motifs is 1. The molecule has 2 aliphatic rings. The fourth-order valence-electron chi connectivity index (χ4n) is 2.94. The van der Waals surface area contributed by atoms with Gasteiger partial charge in [-0.1, -0.05) is 11.6 Å². The lowest BCUT2D eigenvalue weighted by Crippen LogP contribution is -2.28. The molecule has 3 atom stereocenters. The molecule has 2 saturated heterocycles. The molecular weight excluding hydrogens is 240 g/mol. The lowest BCUT2D eigenvalue weighted by Gasteiger charge is -2.24. The van der Waals surface area contributed by atoms with Crippen LogP contribution in [0.1, 0.15) is 17.8 Å². The number of nitrogens with zero attached hydrogens (tertiary/aromatic N) is 1. The molecule has 3 heterocycles. The standard InChI is InChI=1S/C12H17ClN2S/c1-8(11-2-3-12(13)16-11)15-6-9-4-14-5-10(9)7-15/h2-3,8-10,14H,4-7H2,1H3/t8?,9-,10+. The largest absolute Gasteiger partial charge is 0.316 e. The van der Waals surface area contributed by atoms with Crippen LogP contribution in [0.25, 0.3) is 0 Å². The van der Waals surface area contributed by atoms with E-state index >= 15 is 0 Å². The molecular formula is C12H17ClN2S. The number of nitrogens with one attached hydrogen (secondary N) is 1. The van der Waals surface area contributed by atoms with Crippen molar-refractivity contribution in [1.82, 2.24) is 10.2 Å². The Morgan fingerprint density at radius 2 is 2.06 bits per heavy atom. The molecule has 0 aromatic carbocycles. The number of thiophene rings is 1. The van der Waals surface area contributed by atoms with E-state index in [0.29, 0.717) is 6.04 Å². The summed E-state index contributed by atoms with van der Waals surface area (Å²) in [5.41, 5.74) is 0. The van der Waals surface area contributed by atoms with Crippen LogP contribution >= 0.6 is 22.9 Å². The summed E-state index contributed by atoms with van der Waals surface area (Å²) in [6.45, 7) is 7.21. The van der Waals surface area contributed by atoms with Crippen LogP contribution < -0.4 is 5.32 Å². The maximum absolute atomic E-state index is 6.00. The molecule has 0 radical (unpaired) electrons. The van der Waals surface area contributed by atoms with Gasteiger partial charge in [-0.25, -0.2) is 0 Å². The normalized spacial score (nSPS) is 31.9. The second-order valence-corrected chi connectivity index (χ2v) is 6.70. The lowest BCUT2D eigenvalue weighted by atomic mass is 10.0. The molecule has 1 aromatic rings. The Labute approximate surface area is 106 Å². The SMILES string of the molecule is CC(c1ccc(Cl)s1)N1C[C@H]2CNC[C@H]2C1. The van der Waals surface area contributed by atoms with Crippen molar-refractivity contribution in [3.05, 3.63) is 21.3 Å². The van der Waals surface area contributed by atoms with Crippen LogP contribution in [0.5, 0.6) is 0 Å². The highest BCUT2D eigenvalue weighted by Crippen LogP contribution is 2.36. The van der Waals surface area contributed by atoms with E-state index in [1.165, 1.54) is 31.1 Å². The molecule has 0 spiro atoms. The van der Waals surface area contributed by atoms with Gasteiger partial charge in [0.1, 0.15) is 0 Å². The van der Waals surface area contributed by atoms with Crippen LogP contribution in [0, 0.1) is 11.8 Å². The van der Waals surface area contributed by atoms with E-state index in [9.17, 15) is 0 Å². The fraction of sp³-hybridized carbons (Fsp3) is 0.667. The van der Waals surface area contributed by atoms with Gasteiger partial charge in [0.2, 0.25) is 0 Å². The van der Waals surface area contributed by atoms with Crippen LogP contribution in [0.3, 0.4) is 0 Å². The summed E-state index contributed by atoms with van der Waals surface area (Å²) < 4.78 is 0.905. The van der Waals surface area contributed by atoms with Crippen LogP contribution in [-0.4, -0.2) is 31.1 Å². The highest BCUT2D eigenvalue weighted by atomic mass is 35.5. The van der Waals surface area contributed by atoms with Crippen LogP contribution in [0.15, 0.2) is 12.1 Å². The number of likely N-dealkylation sites (tertiary alicyclic amines) is 1. The van der Waals surface area contributed by atoms with Crippen molar-refractivity contribution in [2.75, 3.05) is 26.2 Å². The van der Waals surface area contributed by atoms with Gasteiger partial charge in [0.05, 0.1) is 4.34 Å². The molecule has 16 heavy (non-hydrogen) atoms. The number of hydrogen-bond acceptors (Lipinski definition) is 3. The minimum Gasteiger partial charge on any atom is -0.316 e. The first kappa shape index (κ1) is 11.0. The Hall–Kier alpha value is -0.0900. The molecule has 2 nitrogen and oxygen atoms in total. The Morgan fingerprint density at radius 1 is 1.38 bits per heavy atom. The van der Waals surface area contributed by atoms with Gasteiger partial charge < -0.3 is 5.32 Å². The zero-order chi connectivity index (χ0) is 11.1. The quantitative estimate of drug-likeness (QED) is 0.875. The first-order valence-electron chi connectivity index (χ1n) is 5.94. The van der Waals surface area contributed by atoms with Gasteiger partial charge in [0, 0.05) is 24.0 Å². The van der Waals surface area contributed by atoms with Gasteiger partial charge in [-0.3, -0.25) is 4.90 Å². The van der Waals surface area contributed by atoms with Gasteiger partial charge in [-0.15, -0.1) is 11.3 Å². The van der Waals surface area contributed by atoms with E-state index in [2.05, 4.69) is 23.2 Å². The zero-order valence-corrected chi connectivity index (χ0v) is 11.0. The van der Waals surface area contributed by atoms with E-state index < -0.39 is 0 Å². The third-order valence-corrected chi connectivity index (χ3v) is 5.37. The first-order chi connectivity index (χ1) is 7.74. The zero-order valence-electron chi connectivity index (χ0n) is 9.45. The van der Waals surface area contributed by atoms with E-state index in [0.717, 1.165) is 16.2 Å². The molecule has 3 rings (SSSR count). The van der Waals surface area contributed by atoms with Crippen molar-refractivity contribution >= 4 is 22.9 Å². The van der Waals surface area contributed by atoms with Gasteiger partial charge in [-0.05, 0) is 44.0 Å². The highest BCUT2D eigenvalue weighted by molar-refractivity contribution is 7.16. The van der Waals surface area contributed by atoms with Gasteiger partial charge in [0.25, 0.3) is 0 Å². The van der Waals surface area contributed by atoms with Crippen molar-refractivity contribution in [2.24, 2.45) is 11.8 Å². The van der Waals surface area contributed by atoms with Crippen molar-refractivity contribution in [3.8, 4) is 0 Å². The second-order valence-electron chi connectivity index (χ2n) is 4.95. The third-order valence-electron chi connectivity index (χ3n) is 3.97. The predicted octanol–water partition coefficient (Wildman–Crippen LogP) is 2.61. The van der Waals surface area contributed by atoms with Crippen LogP contribution in [-0.2, 0) is 0 Å². The predicted molar refractivity (Wildman–Crippen MR) is 69.2 cm³/mol. The smallest absolute Gasteiger partial charge is 0.0931 e. The van der Waals surface area contributed by atoms with Gasteiger partial charge in [0.15, 0.2) is 0 Å². The summed E-state index contributed by atoms with van der Waals surface area (Å²) in [4.78, 5) is 4.01. The van der Waals surface area contributed by atoms with Crippen LogP contribution in [0.2, 0.25) is 4.34 Å². The monoisotopic (exact) mass is 256 g/mol. The second kappa shape index (κ2) is 4.30. The first-order valence-corrected chi connectivity index (χ1v) is 7.13. The molecule has 0 aliphatic carbocycles. The maximum atomic E-state index is 6.00. The van der Waals surface area contributed by atoms with Crippen molar-refractivity contribution in [1.29, 1.82) is 0 Å². The summed E-state index contributed by atoms with van der Waals surface area (Å²) in [6.07, 6.45) is 0. The van der Waals surface area contributed by atoms with Crippen molar-refractivity contribution in [2.45, 2.75) is 13.0 Å². The molecule has 0 saturated carbocycles. The summed E-state index contributed by atoms with van der Waals surface area (Å²) in [6, 6.07) is 4.71. The van der Waals surface area contributed by atoms with Gasteiger partial charge in [-0.2, -0.15) is 0 Å². The number of halogens is 1. The van der Waals surface area contributed by atoms with E-state index in [4.69, 9.17) is 11.6 Å². The molecule has 0 amide bonds. The summed E-state index contributed by atoms with van der Waals surface area (Å²) in [5.74, 6) is 1.75. The van der Waals surface area contributed by atoms with Crippen LogP contribution in [0.4, 0.5) is 0 Å². The maximum Gasteiger partial charge on any atom is 0.0931 e. The van der Waals surface area contributed by atoms with E-state index in [1.54, 1.807) is 11.3 Å². The molecule has 1 N–H and O–H groups in total. The molecule has 4 heteroatoms. The summed E-state index contributed by atoms with van der Waals surface area (Å²) in [7, 11) is 0. The molecule has 1 aromatic heterocycles. The summed E-state index contributed by atoms with van der Waals surface area (Å²) in [5, 5.41) is 3.48. The number of rotatable bonds is 2.